The monoisotopic (exact) mass is 330 g/mol. The second kappa shape index (κ2) is 5.45. The summed E-state index contributed by atoms with van der Waals surface area (Å²) >= 11 is 8.93. The number of aromatic nitrogens is 3. The van der Waals surface area contributed by atoms with Crippen LogP contribution in [0.1, 0.15) is 11.3 Å². The third kappa shape index (κ3) is 2.85. The zero-order valence-electron chi connectivity index (χ0n) is 9.08. The number of rotatable bonds is 4. The van der Waals surface area contributed by atoms with Gasteiger partial charge >= 0.3 is 0 Å². The molecule has 18 heavy (non-hydrogen) atoms. The summed E-state index contributed by atoms with van der Waals surface area (Å²) in [5.41, 5.74) is 1.62. The van der Waals surface area contributed by atoms with Gasteiger partial charge in [0, 0.05) is 16.6 Å². The van der Waals surface area contributed by atoms with Gasteiger partial charge in [0.2, 0.25) is 0 Å². The molecule has 8 heteroatoms. The smallest absolute Gasteiger partial charge is 0.258 e. The summed E-state index contributed by atoms with van der Waals surface area (Å²) in [6, 6.07) is 4.61. The molecule has 0 saturated carbocycles. The molecule has 0 unspecified atom stereocenters. The molecule has 0 aliphatic heterocycles. The quantitative estimate of drug-likeness (QED) is 0.490. The van der Waals surface area contributed by atoms with E-state index in [-0.39, 0.29) is 5.69 Å². The summed E-state index contributed by atoms with van der Waals surface area (Å²) in [6.45, 7) is 0.475. The van der Waals surface area contributed by atoms with E-state index in [0.717, 1.165) is 5.56 Å². The van der Waals surface area contributed by atoms with Crippen LogP contribution < -0.4 is 0 Å². The van der Waals surface area contributed by atoms with Gasteiger partial charge in [0.25, 0.3) is 5.69 Å². The average Bonchev–Trinajstić information content (AvgIpc) is 2.79. The summed E-state index contributed by atoms with van der Waals surface area (Å²) in [4.78, 5) is 10.2. The standard InChI is InChI=1S/C10H8BrClN4O2/c11-10-3-9(16(17)18)2-1-7(10)5-15-6-8(4-12)13-14-15/h1-3,6H,4-5H2. The Bertz CT molecular complexity index is 587. The Morgan fingerprint density at radius 2 is 2.28 bits per heavy atom. The number of hydrogen-bond donors (Lipinski definition) is 0. The zero-order valence-corrected chi connectivity index (χ0v) is 11.4. The Morgan fingerprint density at radius 3 is 2.83 bits per heavy atom. The fourth-order valence-electron chi connectivity index (χ4n) is 1.43. The molecule has 0 spiro atoms. The number of halogens is 2. The van der Waals surface area contributed by atoms with Gasteiger partial charge in [-0.05, 0) is 11.6 Å². The van der Waals surface area contributed by atoms with E-state index in [9.17, 15) is 10.1 Å². The van der Waals surface area contributed by atoms with Gasteiger partial charge in [-0.2, -0.15) is 0 Å². The highest BCUT2D eigenvalue weighted by Gasteiger charge is 2.10. The molecule has 0 N–H and O–H groups in total. The lowest BCUT2D eigenvalue weighted by molar-refractivity contribution is -0.384. The van der Waals surface area contributed by atoms with Crippen LogP contribution in [-0.2, 0) is 12.4 Å². The molecule has 0 saturated heterocycles. The van der Waals surface area contributed by atoms with Crippen molar-refractivity contribution in [3.63, 3.8) is 0 Å². The first kappa shape index (κ1) is 13.0. The number of nitro benzene ring substituents is 1. The van der Waals surface area contributed by atoms with E-state index in [2.05, 4.69) is 26.2 Å². The second-order valence-electron chi connectivity index (χ2n) is 3.57. The largest absolute Gasteiger partial charge is 0.270 e. The molecule has 0 aliphatic carbocycles. The molecule has 0 bridgehead atoms. The van der Waals surface area contributed by atoms with E-state index in [4.69, 9.17) is 11.6 Å². The number of hydrogen-bond acceptors (Lipinski definition) is 4. The van der Waals surface area contributed by atoms with Crippen LogP contribution in [0.5, 0.6) is 0 Å². The lowest BCUT2D eigenvalue weighted by Crippen LogP contribution is -2.01. The van der Waals surface area contributed by atoms with Crippen LogP contribution in [-0.4, -0.2) is 19.9 Å². The number of non-ortho nitro benzene ring substituents is 1. The topological polar surface area (TPSA) is 73.8 Å². The first-order valence-electron chi connectivity index (χ1n) is 4.98. The fourth-order valence-corrected chi connectivity index (χ4v) is 2.04. The molecule has 0 fully saturated rings. The normalized spacial score (nSPS) is 10.6. The van der Waals surface area contributed by atoms with Crippen LogP contribution in [0.4, 0.5) is 5.69 Å². The van der Waals surface area contributed by atoms with Gasteiger partial charge < -0.3 is 0 Å². The van der Waals surface area contributed by atoms with Crippen LogP contribution >= 0.6 is 27.5 Å². The summed E-state index contributed by atoms with van der Waals surface area (Å²) in [5, 5.41) is 18.4. The lowest BCUT2D eigenvalue weighted by Gasteiger charge is -2.03. The van der Waals surface area contributed by atoms with Gasteiger partial charge in [-0.3, -0.25) is 10.1 Å². The number of nitrogens with zero attached hydrogens (tertiary/aromatic N) is 4. The fraction of sp³-hybridized carbons (Fsp3) is 0.200. The third-order valence-corrected chi connectivity index (χ3v) is 3.31. The summed E-state index contributed by atoms with van der Waals surface area (Å²) in [5.74, 6) is 0.307. The number of nitro groups is 1. The maximum atomic E-state index is 10.6. The van der Waals surface area contributed by atoms with E-state index in [1.54, 1.807) is 16.9 Å². The minimum absolute atomic E-state index is 0.0469. The van der Waals surface area contributed by atoms with E-state index in [1.807, 2.05) is 0 Å². The zero-order chi connectivity index (χ0) is 13.1. The van der Waals surface area contributed by atoms with E-state index in [1.165, 1.54) is 12.1 Å². The Balaban J connectivity index is 2.21. The molecule has 0 radical (unpaired) electrons. The average molecular weight is 332 g/mol. The molecule has 1 aromatic heterocycles. The van der Waals surface area contributed by atoms with Gasteiger partial charge in [0.1, 0.15) is 0 Å². The summed E-state index contributed by atoms with van der Waals surface area (Å²) in [7, 11) is 0. The molecular weight excluding hydrogens is 323 g/mol. The Labute approximate surface area is 116 Å². The van der Waals surface area contributed by atoms with Gasteiger partial charge in [-0.15, -0.1) is 16.7 Å². The van der Waals surface area contributed by atoms with Gasteiger partial charge in [-0.25, -0.2) is 4.68 Å². The molecular formula is C10H8BrClN4O2. The predicted octanol–water partition coefficient (Wildman–Crippen LogP) is 2.74. The third-order valence-electron chi connectivity index (χ3n) is 2.30. The molecule has 0 atom stereocenters. The van der Waals surface area contributed by atoms with Crippen molar-refractivity contribution in [3.8, 4) is 0 Å². The minimum atomic E-state index is -0.435. The number of alkyl halides is 1. The Kier molecular flexibility index (Phi) is 3.93. The lowest BCUT2D eigenvalue weighted by atomic mass is 10.2. The summed E-state index contributed by atoms with van der Waals surface area (Å²) in [6.07, 6.45) is 1.74. The van der Waals surface area contributed by atoms with Crippen molar-refractivity contribution in [2.45, 2.75) is 12.4 Å². The van der Waals surface area contributed by atoms with Gasteiger partial charge in [-0.1, -0.05) is 21.1 Å². The first-order valence-corrected chi connectivity index (χ1v) is 6.30. The van der Waals surface area contributed by atoms with Crippen molar-refractivity contribution in [1.29, 1.82) is 0 Å². The molecule has 0 amide bonds. The van der Waals surface area contributed by atoms with Crippen LogP contribution in [0.25, 0.3) is 0 Å². The van der Waals surface area contributed by atoms with Gasteiger partial charge in [0.05, 0.1) is 29.2 Å². The Morgan fingerprint density at radius 1 is 1.50 bits per heavy atom. The maximum Gasteiger partial charge on any atom is 0.270 e. The van der Waals surface area contributed by atoms with E-state index >= 15 is 0 Å². The van der Waals surface area contributed by atoms with Crippen molar-refractivity contribution in [2.24, 2.45) is 0 Å². The highest BCUT2D eigenvalue weighted by Crippen LogP contribution is 2.23. The van der Waals surface area contributed by atoms with Crippen molar-refractivity contribution >= 4 is 33.2 Å². The molecule has 1 aromatic carbocycles. The van der Waals surface area contributed by atoms with Gasteiger partial charge in [0.15, 0.2) is 0 Å². The minimum Gasteiger partial charge on any atom is -0.258 e. The van der Waals surface area contributed by atoms with Crippen LogP contribution in [0.3, 0.4) is 0 Å². The van der Waals surface area contributed by atoms with Crippen LogP contribution in [0.2, 0.25) is 0 Å². The second-order valence-corrected chi connectivity index (χ2v) is 4.70. The highest BCUT2D eigenvalue weighted by atomic mass is 79.9. The highest BCUT2D eigenvalue weighted by molar-refractivity contribution is 9.10. The molecule has 94 valence electrons. The van der Waals surface area contributed by atoms with Crippen LogP contribution in [0.15, 0.2) is 28.9 Å². The van der Waals surface area contributed by atoms with Crippen molar-refractivity contribution in [2.75, 3.05) is 0 Å². The molecule has 0 aliphatic rings. The van der Waals surface area contributed by atoms with E-state index in [0.29, 0.717) is 22.6 Å². The van der Waals surface area contributed by atoms with Crippen molar-refractivity contribution in [1.82, 2.24) is 15.0 Å². The Hall–Kier alpha value is -1.47. The van der Waals surface area contributed by atoms with Crippen LogP contribution in [0, 0.1) is 10.1 Å². The summed E-state index contributed by atoms with van der Waals surface area (Å²) < 4.78 is 2.29. The molecule has 2 rings (SSSR count). The van der Waals surface area contributed by atoms with Crippen molar-refractivity contribution < 1.29 is 4.92 Å². The predicted molar refractivity (Wildman–Crippen MR) is 69.5 cm³/mol. The first-order chi connectivity index (χ1) is 8.60. The van der Waals surface area contributed by atoms with E-state index < -0.39 is 4.92 Å². The van der Waals surface area contributed by atoms with Crippen molar-refractivity contribution in [3.05, 3.63) is 50.2 Å². The maximum absolute atomic E-state index is 10.6. The molecule has 6 nitrogen and oxygen atoms in total. The number of benzene rings is 1. The molecule has 1 heterocycles. The molecule has 2 aromatic rings. The SMILES string of the molecule is O=[N+]([O-])c1ccc(Cn2cc(CCl)nn2)c(Br)c1.